The van der Waals surface area contributed by atoms with Crippen LogP contribution in [0.4, 0.5) is 11.4 Å². The zero-order valence-electron chi connectivity index (χ0n) is 13.3. The smallest absolute Gasteiger partial charge is 0.335 e. The molecule has 0 fully saturated rings. The van der Waals surface area contributed by atoms with Crippen molar-refractivity contribution >= 4 is 51.6 Å². The first-order valence-corrected chi connectivity index (χ1v) is 7.45. The number of H-pyrrole nitrogens is 1. The Morgan fingerprint density at radius 3 is 2.64 bits per heavy atom. The molecule has 7 heteroatoms. The van der Waals surface area contributed by atoms with E-state index in [1.807, 2.05) is 25.1 Å². The van der Waals surface area contributed by atoms with Crippen molar-refractivity contribution in [3.63, 3.8) is 0 Å². The van der Waals surface area contributed by atoms with Gasteiger partial charge in [0.15, 0.2) is 0 Å². The highest BCUT2D eigenvalue weighted by atomic mass is 35.5. The standard InChI is InChI=1S/C18H14N4O2.ClH/c1-10-8-15(21-13-5-2-11(3-6-13)18(23)24)16-14(20-10)7-4-12-9-19-22-17(12)16;/h2-9H,1H3,(H,19,22)(H,20,21)(H,23,24);1H. The van der Waals surface area contributed by atoms with E-state index < -0.39 is 5.97 Å². The molecule has 6 nitrogen and oxygen atoms in total. The number of carboxylic acids is 1. The van der Waals surface area contributed by atoms with Crippen molar-refractivity contribution in [2.75, 3.05) is 5.32 Å². The number of fused-ring (bicyclic) bond motifs is 3. The van der Waals surface area contributed by atoms with Gasteiger partial charge in [0.2, 0.25) is 0 Å². The number of aromatic carboxylic acids is 1. The van der Waals surface area contributed by atoms with Crippen molar-refractivity contribution < 1.29 is 9.90 Å². The van der Waals surface area contributed by atoms with E-state index in [2.05, 4.69) is 20.5 Å². The summed E-state index contributed by atoms with van der Waals surface area (Å²) in [4.78, 5) is 15.5. The number of benzene rings is 2. The molecule has 0 aliphatic carbocycles. The van der Waals surface area contributed by atoms with E-state index in [1.54, 1.807) is 30.5 Å². The highest BCUT2D eigenvalue weighted by molar-refractivity contribution is 6.10. The first kappa shape index (κ1) is 16.7. The summed E-state index contributed by atoms with van der Waals surface area (Å²) in [6, 6.07) is 12.6. The van der Waals surface area contributed by atoms with Crippen molar-refractivity contribution in [2.24, 2.45) is 0 Å². The first-order chi connectivity index (χ1) is 11.6. The summed E-state index contributed by atoms with van der Waals surface area (Å²) in [6.07, 6.45) is 1.78. The molecule has 126 valence electrons. The maximum Gasteiger partial charge on any atom is 0.335 e. The molecular weight excluding hydrogens is 340 g/mol. The number of aromatic amines is 1. The Balaban J connectivity index is 0.00000182. The fourth-order valence-corrected chi connectivity index (χ4v) is 2.82. The van der Waals surface area contributed by atoms with E-state index in [-0.39, 0.29) is 18.0 Å². The minimum atomic E-state index is -0.939. The molecule has 0 bridgehead atoms. The van der Waals surface area contributed by atoms with Gasteiger partial charge in [-0.2, -0.15) is 5.10 Å². The molecule has 0 atom stereocenters. The van der Waals surface area contributed by atoms with Crippen LogP contribution in [-0.4, -0.2) is 26.3 Å². The summed E-state index contributed by atoms with van der Waals surface area (Å²) < 4.78 is 0. The molecule has 0 saturated heterocycles. The zero-order chi connectivity index (χ0) is 16.7. The Morgan fingerprint density at radius 1 is 1.16 bits per heavy atom. The number of nitrogens with zero attached hydrogens (tertiary/aromatic N) is 2. The predicted octanol–water partition coefficient (Wildman–Crippen LogP) is 4.28. The van der Waals surface area contributed by atoms with E-state index in [0.717, 1.165) is 38.9 Å². The van der Waals surface area contributed by atoms with Crippen molar-refractivity contribution in [1.82, 2.24) is 15.2 Å². The molecule has 0 aliphatic heterocycles. The molecular formula is C18H15ClN4O2. The highest BCUT2D eigenvalue weighted by Gasteiger charge is 2.10. The number of aryl methyl sites for hydroxylation is 1. The summed E-state index contributed by atoms with van der Waals surface area (Å²) in [6.45, 7) is 1.94. The van der Waals surface area contributed by atoms with Gasteiger partial charge in [-0.15, -0.1) is 12.4 Å². The van der Waals surface area contributed by atoms with Gasteiger partial charge >= 0.3 is 5.97 Å². The van der Waals surface area contributed by atoms with Gasteiger partial charge in [-0.1, -0.05) is 0 Å². The number of carbonyl (C=O) groups is 1. The first-order valence-electron chi connectivity index (χ1n) is 7.45. The van der Waals surface area contributed by atoms with E-state index in [0.29, 0.717) is 0 Å². The van der Waals surface area contributed by atoms with Gasteiger partial charge in [-0.05, 0) is 49.4 Å². The molecule has 0 spiro atoms. The number of halogens is 1. The Morgan fingerprint density at radius 2 is 1.92 bits per heavy atom. The molecule has 3 N–H and O–H groups in total. The van der Waals surface area contributed by atoms with Gasteiger partial charge in [-0.25, -0.2) is 4.79 Å². The molecule has 0 saturated carbocycles. The average molecular weight is 355 g/mol. The molecule has 0 aliphatic rings. The molecule has 25 heavy (non-hydrogen) atoms. The van der Waals surface area contributed by atoms with Crippen molar-refractivity contribution in [1.29, 1.82) is 0 Å². The van der Waals surface area contributed by atoms with Gasteiger partial charge in [0.25, 0.3) is 0 Å². The van der Waals surface area contributed by atoms with Gasteiger partial charge in [-0.3, -0.25) is 10.1 Å². The number of hydrogen-bond acceptors (Lipinski definition) is 4. The molecule has 0 unspecified atom stereocenters. The molecule has 4 aromatic rings. The largest absolute Gasteiger partial charge is 0.478 e. The normalized spacial score (nSPS) is 10.6. The van der Waals surface area contributed by atoms with Crippen LogP contribution in [0, 0.1) is 6.92 Å². The van der Waals surface area contributed by atoms with E-state index in [4.69, 9.17) is 5.11 Å². The number of nitrogens with one attached hydrogen (secondary N) is 2. The summed E-state index contributed by atoms with van der Waals surface area (Å²) in [5, 5.41) is 21.5. The predicted molar refractivity (Wildman–Crippen MR) is 100 cm³/mol. The molecule has 0 amide bonds. The number of pyridine rings is 1. The van der Waals surface area contributed by atoms with Crippen molar-refractivity contribution in [2.45, 2.75) is 6.92 Å². The topological polar surface area (TPSA) is 90.9 Å². The van der Waals surface area contributed by atoms with E-state index >= 15 is 0 Å². The lowest BCUT2D eigenvalue weighted by molar-refractivity contribution is 0.0697. The van der Waals surface area contributed by atoms with Crippen LogP contribution in [0.3, 0.4) is 0 Å². The second kappa shape index (κ2) is 6.41. The summed E-state index contributed by atoms with van der Waals surface area (Å²) in [7, 11) is 0. The molecule has 2 aromatic heterocycles. The zero-order valence-corrected chi connectivity index (χ0v) is 14.1. The van der Waals surface area contributed by atoms with Crippen LogP contribution in [0.15, 0.2) is 48.7 Å². The van der Waals surface area contributed by atoms with E-state index in [9.17, 15) is 4.79 Å². The summed E-state index contributed by atoms with van der Waals surface area (Å²) >= 11 is 0. The molecule has 0 radical (unpaired) electrons. The van der Waals surface area contributed by atoms with Crippen LogP contribution < -0.4 is 5.32 Å². The quantitative estimate of drug-likeness (QED) is 0.510. The SMILES string of the molecule is Cc1cc(Nc2ccc(C(=O)O)cc2)c2c(ccc3cn[nH]c32)n1.Cl. The third-order valence-corrected chi connectivity index (χ3v) is 3.93. The second-order valence-electron chi connectivity index (χ2n) is 5.61. The number of anilines is 2. The lowest BCUT2D eigenvalue weighted by Crippen LogP contribution is -1.98. The van der Waals surface area contributed by atoms with Gasteiger partial charge in [0.05, 0.1) is 28.5 Å². The van der Waals surface area contributed by atoms with Gasteiger partial charge in [0, 0.05) is 22.2 Å². The highest BCUT2D eigenvalue weighted by Crippen LogP contribution is 2.31. The average Bonchev–Trinajstić information content (AvgIpc) is 3.03. The monoisotopic (exact) mass is 354 g/mol. The minimum Gasteiger partial charge on any atom is -0.478 e. The van der Waals surface area contributed by atoms with Gasteiger partial charge in [0.1, 0.15) is 0 Å². The third kappa shape index (κ3) is 2.99. The fourth-order valence-electron chi connectivity index (χ4n) is 2.82. The Kier molecular flexibility index (Phi) is 4.29. The number of hydrogen-bond donors (Lipinski definition) is 3. The summed E-state index contributed by atoms with van der Waals surface area (Å²) in [5.74, 6) is -0.939. The van der Waals surface area contributed by atoms with Crippen molar-refractivity contribution in [3.05, 3.63) is 59.9 Å². The second-order valence-corrected chi connectivity index (χ2v) is 5.61. The van der Waals surface area contributed by atoms with Crippen LogP contribution in [-0.2, 0) is 0 Å². The summed E-state index contributed by atoms with van der Waals surface area (Å²) in [5.41, 5.74) is 4.65. The lowest BCUT2D eigenvalue weighted by atomic mass is 10.1. The van der Waals surface area contributed by atoms with Crippen LogP contribution in [0.25, 0.3) is 21.8 Å². The minimum absolute atomic E-state index is 0. The Bertz CT molecular complexity index is 1070. The van der Waals surface area contributed by atoms with Crippen LogP contribution in [0.1, 0.15) is 16.1 Å². The molecule has 2 heterocycles. The van der Waals surface area contributed by atoms with Crippen LogP contribution >= 0.6 is 12.4 Å². The Hall–Kier alpha value is -3.12. The Labute approximate surface area is 149 Å². The van der Waals surface area contributed by atoms with Crippen LogP contribution in [0.5, 0.6) is 0 Å². The fraction of sp³-hybridized carbons (Fsp3) is 0.0556. The number of carboxylic acid groups (broad SMARTS) is 1. The third-order valence-electron chi connectivity index (χ3n) is 3.93. The lowest BCUT2D eigenvalue weighted by Gasteiger charge is -2.12. The number of rotatable bonds is 3. The maximum absolute atomic E-state index is 11.0. The van der Waals surface area contributed by atoms with E-state index in [1.165, 1.54) is 0 Å². The maximum atomic E-state index is 11.0. The molecule has 4 rings (SSSR count). The van der Waals surface area contributed by atoms with Crippen LogP contribution in [0.2, 0.25) is 0 Å². The number of aromatic nitrogens is 3. The van der Waals surface area contributed by atoms with Crippen molar-refractivity contribution in [3.8, 4) is 0 Å². The molecule has 2 aromatic carbocycles. The van der Waals surface area contributed by atoms with Gasteiger partial charge < -0.3 is 10.4 Å².